The Balaban J connectivity index is 1.65. The molecule has 1 aromatic carbocycles. The fourth-order valence-electron chi connectivity index (χ4n) is 3.03. The average Bonchev–Trinajstić information content (AvgIpc) is 2.86. The first kappa shape index (κ1) is 17.5. The van der Waals surface area contributed by atoms with Crippen molar-refractivity contribution in [2.24, 2.45) is 0 Å². The summed E-state index contributed by atoms with van der Waals surface area (Å²) in [4.78, 5) is 14.2. The third kappa shape index (κ3) is 4.04. The van der Waals surface area contributed by atoms with Crippen LogP contribution in [0.5, 0.6) is 0 Å². The minimum atomic E-state index is -0.648. The second-order valence-corrected chi connectivity index (χ2v) is 6.36. The number of amides is 1. The number of aryl methyl sites for hydroxylation is 2. The van der Waals surface area contributed by atoms with Gasteiger partial charge in [0, 0.05) is 25.6 Å². The maximum atomic E-state index is 13.7. The number of aliphatic hydroxyl groups is 1. The van der Waals surface area contributed by atoms with E-state index < -0.39 is 17.7 Å². The first-order valence-corrected chi connectivity index (χ1v) is 8.40. The third-order valence-electron chi connectivity index (χ3n) is 4.44. The van der Waals surface area contributed by atoms with E-state index in [-0.39, 0.29) is 18.7 Å². The molecule has 1 aliphatic rings. The molecule has 0 saturated heterocycles. The number of halogens is 2. The van der Waals surface area contributed by atoms with E-state index in [0.717, 1.165) is 18.2 Å². The largest absolute Gasteiger partial charge is 0.387 e. The van der Waals surface area contributed by atoms with Crippen LogP contribution in [0.15, 0.2) is 24.3 Å². The Morgan fingerprint density at radius 3 is 2.84 bits per heavy atom. The first-order valence-electron chi connectivity index (χ1n) is 8.40. The number of hydrogen-bond donors (Lipinski definition) is 1. The van der Waals surface area contributed by atoms with Gasteiger partial charge in [0.25, 0.3) is 0 Å². The topological polar surface area (TPSA) is 58.4 Å². The number of carbonyl (C=O) groups is 1. The Morgan fingerprint density at radius 1 is 1.32 bits per heavy atom. The van der Waals surface area contributed by atoms with E-state index in [1.165, 1.54) is 12.1 Å². The van der Waals surface area contributed by atoms with Gasteiger partial charge >= 0.3 is 0 Å². The van der Waals surface area contributed by atoms with Crippen molar-refractivity contribution < 1.29 is 18.7 Å². The lowest BCUT2D eigenvalue weighted by Gasteiger charge is -2.20. The molecule has 25 heavy (non-hydrogen) atoms. The summed E-state index contributed by atoms with van der Waals surface area (Å²) in [6, 6.07) is 5.23. The molecule has 3 rings (SSSR count). The number of fused-ring (bicyclic) bond motifs is 1. The van der Waals surface area contributed by atoms with Gasteiger partial charge in [-0.05, 0) is 37.5 Å². The van der Waals surface area contributed by atoms with Gasteiger partial charge in [-0.1, -0.05) is 6.07 Å². The lowest BCUT2D eigenvalue weighted by molar-refractivity contribution is -0.131. The van der Waals surface area contributed by atoms with Gasteiger partial charge in [0.1, 0.15) is 11.6 Å². The van der Waals surface area contributed by atoms with Crippen LogP contribution in [0.1, 0.15) is 42.8 Å². The van der Waals surface area contributed by atoms with E-state index in [9.17, 15) is 18.7 Å². The van der Waals surface area contributed by atoms with E-state index >= 15 is 0 Å². The van der Waals surface area contributed by atoms with E-state index in [0.29, 0.717) is 30.9 Å². The smallest absolute Gasteiger partial charge is 0.223 e. The van der Waals surface area contributed by atoms with E-state index in [1.807, 2.05) is 10.7 Å². The molecule has 134 valence electrons. The molecule has 1 aromatic heterocycles. The number of hydrogen-bond acceptors (Lipinski definition) is 3. The molecule has 1 atom stereocenters. The molecule has 0 saturated carbocycles. The van der Waals surface area contributed by atoms with Crippen molar-refractivity contribution in [3.8, 4) is 0 Å². The fraction of sp³-hybridized carbons (Fsp3) is 0.444. The van der Waals surface area contributed by atoms with Crippen LogP contribution in [0, 0.1) is 11.6 Å². The van der Waals surface area contributed by atoms with Crippen LogP contribution in [-0.4, -0.2) is 32.2 Å². The van der Waals surface area contributed by atoms with Crippen LogP contribution in [0.25, 0.3) is 0 Å². The fourth-order valence-corrected chi connectivity index (χ4v) is 3.03. The zero-order valence-electron chi connectivity index (χ0n) is 14.1. The summed E-state index contributed by atoms with van der Waals surface area (Å²) in [7, 11) is 0. The van der Waals surface area contributed by atoms with Gasteiger partial charge in [-0.15, -0.1) is 0 Å². The first-order chi connectivity index (χ1) is 11.9. The molecule has 7 heteroatoms. The maximum absolute atomic E-state index is 13.7. The molecule has 2 heterocycles. The summed E-state index contributed by atoms with van der Waals surface area (Å²) in [6.45, 7) is 3.38. The van der Waals surface area contributed by atoms with Gasteiger partial charge in [-0.25, -0.2) is 8.78 Å². The number of aromatic nitrogens is 2. The van der Waals surface area contributed by atoms with Crippen molar-refractivity contribution in [3.05, 3.63) is 52.9 Å². The highest BCUT2D eigenvalue weighted by molar-refractivity contribution is 5.76. The number of carbonyl (C=O) groups excluding carboxylic acids is 1. The normalized spacial score (nSPS) is 15.6. The van der Waals surface area contributed by atoms with Crippen LogP contribution in [0.3, 0.4) is 0 Å². The Labute approximate surface area is 144 Å². The lowest BCUT2D eigenvalue weighted by atomic mass is 10.1. The molecule has 0 fully saturated rings. The quantitative estimate of drug-likeness (QED) is 0.923. The van der Waals surface area contributed by atoms with E-state index in [1.54, 1.807) is 11.8 Å². The molecule has 1 unspecified atom stereocenters. The second kappa shape index (κ2) is 7.31. The Morgan fingerprint density at radius 2 is 2.12 bits per heavy atom. The number of rotatable bonds is 4. The van der Waals surface area contributed by atoms with Gasteiger partial charge in [-0.2, -0.15) is 5.10 Å². The summed E-state index contributed by atoms with van der Waals surface area (Å²) in [6.07, 6.45) is 0.523. The van der Waals surface area contributed by atoms with E-state index in [4.69, 9.17) is 0 Å². The van der Waals surface area contributed by atoms with Crippen LogP contribution in [-0.2, 0) is 24.3 Å². The third-order valence-corrected chi connectivity index (χ3v) is 4.44. The van der Waals surface area contributed by atoms with Crippen molar-refractivity contribution in [1.82, 2.24) is 14.7 Å². The standard InChI is InChI=1S/C18H21F2N3O2/c1-12(24)17-10-15-11-22(7-2-8-23(15)21-17)18(25)6-4-13-3-5-14(19)9-16(13)20/h3,5,9-10,12,24H,2,4,6-8,11H2,1H3. The van der Waals surface area contributed by atoms with Crippen molar-refractivity contribution in [2.45, 2.75) is 45.4 Å². The molecule has 1 amide bonds. The van der Waals surface area contributed by atoms with Crippen molar-refractivity contribution in [3.63, 3.8) is 0 Å². The SMILES string of the molecule is CC(O)c1cc2n(n1)CCCN(C(=O)CCc1ccc(F)cc1F)C2. The lowest BCUT2D eigenvalue weighted by Crippen LogP contribution is -2.30. The molecular formula is C18H21F2N3O2. The zero-order valence-corrected chi connectivity index (χ0v) is 14.1. The van der Waals surface area contributed by atoms with Crippen LogP contribution in [0.2, 0.25) is 0 Å². The predicted octanol–water partition coefficient (Wildman–Crippen LogP) is 2.58. The van der Waals surface area contributed by atoms with Gasteiger partial charge in [0.2, 0.25) is 5.91 Å². The molecule has 0 bridgehead atoms. The monoisotopic (exact) mass is 349 g/mol. The van der Waals surface area contributed by atoms with Crippen molar-refractivity contribution >= 4 is 5.91 Å². The summed E-state index contributed by atoms with van der Waals surface area (Å²) >= 11 is 0. The molecule has 5 nitrogen and oxygen atoms in total. The highest BCUT2D eigenvalue weighted by atomic mass is 19.1. The minimum absolute atomic E-state index is 0.0722. The molecule has 0 radical (unpaired) electrons. The molecular weight excluding hydrogens is 328 g/mol. The van der Waals surface area contributed by atoms with Crippen LogP contribution in [0.4, 0.5) is 8.78 Å². The van der Waals surface area contributed by atoms with Crippen LogP contribution >= 0.6 is 0 Å². The molecule has 1 aliphatic heterocycles. The van der Waals surface area contributed by atoms with Crippen molar-refractivity contribution in [1.29, 1.82) is 0 Å². The molecule has 0 spiro atoms. The molecule has 2 aromatic rings. The van der Waals surface area contributed by atoms with Gasteiger partial charge in [0.05, 0.1) is 24.0 Å². The summed E-state index contributed by atoms with van der Waals surface area (Å²) in [5, 5.41) is 14.0. The average molecular weight is 349 g/mol. The minimum Gasteiger partial charge on any atom is -0.387 e. The van der Waals surface area contributed by atoms with Crippen molar-refractivity contribution in [2.75, 3.05) is 6.54 Å². The molecule has 0 aliphatic carbocycles. The van der Waals surface area contributed by atoms with Crippen LogP contribution < -0.4 is 0 Å². The Kier molecular flexibility index (Phi) is 5.13. The number of nitrogens with zero attached hydrogens (tertiary/aromatic N) is 3. The van der Waals surface area contributed by atoms with E-state index in [2.05, 4.69) is 5.10 Å². The van der Waals surface area contributed by atoms with Gasteiger partial charge < -0.3 is 10.0 Å². The summed E-state index contributed by atoms with van der Waals surface area (Å²) in [5.74, 6) is -1.32. The predicted molar refractivity (Wildman–Crippen MR) is 87.6 cm³/mol. The molecule has 1 N–H and O–H groups in total. The maximum Gasteiger partial charge on any atom is 0.223 e. The summed E-state index contributed by atoms with van der Waals surface area (Å²) in [5.41, 5.74) is 1.82. The Hall–Kier alpha value is -2.28. The zero-order chi connectivity index (χ0) is 18.0. The highest BCUT2D eigenvalue weighted by Crippen LogP contribution is 2.19. The summed E-state index contributed by atoms with van der Waals surface area (Å²) < 4.78 is 28.5. The Bertz CT molecular complexity index is 774. The van der Waals surface area contributed by atoms with Gasteiger partial charge in [0.15, 0.2) is 0 Å². The van der Waals surface area contributed by atoms with Gasteiger partial charge in [-0.3, -0.25) is 9.48 Å². The number of aliphatic hydroxyl groups excluding tert-OH is 1. The highest BCUT2D eigenvalue weighted by Gasteiger charge is 2.21. The number of benzene rings is 1. The second-order valence-electron chi connectivity index (χ2n) is 6.36.